The zero-order valence-corrected chi connectivity index (χ0v) is 9.04. The number of rotatable bonds is 2. The summed E-state index contributed by atoms with van der Waals surface area (Å²) in [7, 11) is -0.0796. The van der Waals surface area contributed by atoms with Crippen molar-refractivity contribution < 1.29 is 26.7 Å². The van der Waals surface area contributed by atoms with Crippen LogP contribution in [0.15, 0.2) is 11.5 Å². The second kappa shape index (κ2) is 3.99. The average molecular weight is 273 g/mol. The molecule has 0 unspecified atom stereocenters. The Bertz CT molecular complexity index is 539. The fraction of sp³-hybridized carbons (Fsp3) is 0. The molecule has 1 aromatic carbocycles. The highest BCUT2D eigenvalue weighted by atomic mass is 35.7. The van der Waals surface area contributed by atoms with Crippen LogP contribution < -0.4 is 0 Å². The summed E-state index contributed by atoms with van der Waals surface area (Å²) in [4.78, 5) is -1.63. The Hall–Kier alpha value is -1.21. The number of aromatic hydroxyl groups is 1. The molecule has 0 fully saturated rings. The lowest BCUT2D eigenvalue weighted by Crippen LogP contribution is -2.04. The van der Waals surface area contributed by atoms with Crippen LogP contribution >= 0.6 is 10.7 Å². The van der Waals surface area contributed by atoms with Crippen molar-refractivity contribution in [2.45, 2.75) is 4.90 Å². The number of hydrogen-bond donors (Lipinski definition) is 1. The Balaban J connectivity index is 3.89. The molecule has 0 aromatic heterocycles. The summed E-state index contributed by atoms with van der Waals surface area (Å²) in [5, 5.41) is 9.06. The van der Waals surface area contributed by atoms with Crippen LogP contribution in [0, 0.1) is 17.5 Å². The first-order valence-corrected chi connectivity index (χ1v) is 5.99. The highest BCUT2D eigenvalue weighted by Gasteiger charge is 2.30. The molecule has 0 spiro atoms. The van der Waals surface area contributed by atoms with Gasteiger partial charge in [-0.05, 0) is 0 Å². The Labute approximate surface area is 93.2 Å². The smallest absolute Gasteiger partial charge is 0.268 e. The maximum Gasteiger partial charge on any atom is 0.268 e. The summed E-state index contributed by atoms with van der Waals surface area (Å²) in [6, 6.07) is 0. The monoisotopic (exact) mass is 272 g/mol. The number of hydrogen-bond acceptors (Lipinski definition) is 3. The predicted molar refractivity (Wildman–Crippen MR) is 51.1 cm³/mol. The topological polar surface area (TPSA) is 54.4 Å². The van der Waals surface area contributed by atoms with E-state index in [0.29, 0.717) is 6.08 Å². The van der Waals surface area contributed by atoms with Gasteiger partial charge in [0.1, 0.15) is 0 Å². The molecule has 3 nitrogen and oxygen atoms in total. The minimum atomic E-state index is -4.80. The van der Waals surface area contributed by atoms with Crippen molar-refractivity contribution in [2.24, 2.45) is 0 Å². The molecule has 1 N–H and O–H groups in total. The van der Waals surface area contributed by atoms with Gasteiger partial charge >= 0.3 is 0 Å². The van der Waals surface area contributed by atoms with E-state index in [1.165, 1.54) is 0 Å². The molecule has 0 aliphatic rings. The Morgan fingerprint density at radius 2 is 1.69 bits per heavy atom. The molecule has 1 rings (SSSR count). The van der Waals surface area contributed by atoms with E-state index < -0.39 is 42.7 Å². The standard InChI is InChI=1S/C8H4ClF3O3S/c1-2-3-4(10)6(12)8(16(9,14)15)7(13)5(3)11/h2,13H,1H2. The van der Waals surface area contributed by atoms with Crippen LogP contribution in [0.2, 0.25) is 0 Å². The summed E-state index contributed by atoms with van der Waals surface area (Å²) < 4.78 is 61.0. The van der Waals surface area contributed by atoms with Crippen molar-refractivity contribution in [1.82, 2.24) is 0 Å². The molecule has 16 heavy (non-hydrogen) atoms. The van der Waals surface area contributed by atoms with Crippen molar-refractivity contribution in [2.75, 3.05) is 0 Å². The Morgan fingerprint density at radius 3 is 2.06 bits per heavy atom. The Morgan fingerprint density at radius 1 is 1.19 bits per heavy atom. The zero-order chi connectivity index (χ0) is 12.7. The number of phenolic OH excluding ortho intramolecular Hbond substituents is 1. The SMILES string of the molecule is C=Cc1c(F)c(O)c(S(=O)(=O)Cl)c(F)c1F. The van der Waals surface area contributed by atoms with Crippen LogP contribution in [0.5, 0.6) is 5.75 Å². The molecule has 88 valence electrons. The van der Waals surface area contributed by atoms with Crippen molar-refractivity contribution in [3.63, 3.8) is 0 Å². The van der Waals surface area contributed by atoms with Gasteiger partial charge in [-0.2, -0.15) is 0 Å². The van der Waals surface area contributed by atoms with Gasteiger partial charge in [0, 0.05) is 10.7 Å². The second-order valence-corrected chi connectivity index (χ2v) is 5.18. The van der Waals surface area contributed by atoms with E-state index in [0.717, 1.165) is 0 Å². The average Bonchev–Trinajstić information content (AvgIpc) is 2.14. The van der Waals surface area contributed by atoms with Gasteiger partial charge in [0.2, 0.25) is 0 Å². The summed E-state index contributed by atoms with van der Waals surface area (Å²) in [6.45, 7) is 2.99. The normalized spacial score (nSPS) is 11.5. The molecule has 1 aromatic rings. The van der Waals surface area contributed by atoms with E-state index in [1.54, 1.807) is 0 Å². The third-order valence-electron chi connectivity index (χ3n) is 1.74. The lowest BCUT2D eigenvalue weighted by molar-refractivity contribution is 0.387. The van der Waals surface area contributed by atoms with Crippen LogP contribution in [0.25, 0.3) is 6.08 Å². The van der Waals surface area contributed by atoms with Crippen LogP contribution in [0.3, 0.4) is 0 Å². The van der Waals surface area contributed by atoms with Crippen molar-refractivity contribution in [3.8, 4) is 5.75 Å². The lowest BCUT2D eigenvalue weighted by Gasteiger charge is -2.07. The molecular formula is C8H4ClF3O3S. The van der Waals surface area contributed by atoms with E-state index in [2.05, 4.69) is 6.58 Å². The lowest BCUT2D eigenvalue weighted by atomic mass is 10.1. The minimum Gasteiger partial charge on any atom is -0.504 e. The second-order valence-electron chi connectivity index (χ2n) is 2.68. The van der Waals surface area contributed by atoms with Gasteiger partial charge in [0.15, 0.2) is 28.1 Å². The molecule has 0 saturated heterocycles. The predicted octanol–water partition coefficient (Wildman–Crippen LogP) is 2.38. The van der Waals surface area contributed by atoms with Crippen molar-refractivity contribution in [1.29, 1.82) is 0 Å². The van der Waals surface area contributed by atoms with Gasteiger partial charge in [-0.15, -0.1) is 0 Å². The largest absolute Gasteiger partial charge is 0.504 e. The summed E-state index contributed by atoms with van der Waals surface area (Å²) in [5.41, 5.74) is -0.973. The molecule has 8 heteroatoms. The molecule has 0 heterocycles. The van der Waals surface area contributed by atoms with E-state index in [4.69, 9.17) is 15.8 Å². The van der Waals surface area contributed by atoms with Gasteiger partial charge in [-0.25, -0.2) is 21.6 Å². The van der Waals surface area contributed by atoms with E-state index >= 15 is 0 Å². The van der Waals surface area contributed by atoms with Crippen LogP contribution in [-0.2, 0) is 9.05 Å². The van der Waals surface area contributed by atoms with Crippen molar-refractivity contribution in [3.05, 3.63) is 29.6 Å². The third kappa shape index (κ3) is 1.88. The van der Waals surface area contributed by atoms with Gasteiger partial charge in [0.05, 0.1) is 5.56 Å². The van der Waals surface area contributed by atoms with Gasteiger partial charge in [-0.1, -0.05) is 12.7 Å². The Kier molecular flexibility index (Phi) is 3.20. The first-order valence-electron chi connectivity index (χ1n) is 3.68. The molecule has 0 saturated carbocycles. The zero-order valence-electron chi connectivity index (χ0n) is 7.47. The minimum absolute atomic E-state index is 0.595. The van der Waals surface area contributed by atoms with Crippen LogP contribution in [-0.4, -0.2) is 13.5 Å². The molecule has 0 aliphatic carbocycles. The molecule has 0 aliphatic heterocycles. The van der Waals surface area contributed by atoms with Gasteiger partial charge < -0.3 is 5.11 Å². The quantitative estimate of drug-likeness (QED) is 0.664. The van der Waals surface area contributed by atoms with E-state index in [1.807, 2.05) is 0 Å². The first kappa shape index (κ1) is 12.9. The van der Waals surface area contributed by atoms with Crippen LogP contribution in [0.1, 0.15) is 5.56 Å². The maximum absolute atomic E-state index is 13.2. The molecule has 0 amide bonds. The van der Waals surface area contributed by atoms with Gasteiger partial charge in [0.25, 0.3) is 9.05 Å². The molecular weight excluding hydrogens is 269 g/mol. The van der Waals surface area contributed by atoms with Crippen LogP contribution in [0.4, 0.5) is 13.2 Å². The molecule has 0 radical (unpaired) electrons. The highest BCUT2D eigenvalue weighted by Crippen LogP contribution is 2.35. The molecule has 0 bridgehead atoms. The van der Waals surface area contributed by atoms with E-state index in [-0.39, 0.29) is 0 Å². The fourth-order valence-electron chi connectivity index (χ4n) is 1.05. The number of benzene rings is 1. The fourth-order valence-corrected chi connectivity index (χ4v) is 2.09. The summed E-state index contributed by atoms with van der Waals surface area (Å²) in [5.74, 6) is -6.97. The summed E-state index contributed by atoms with van der Waals surface area (Å²) >= 11 is 0. The number of halogens is 4. The van der Waals surface area contributed by atoms with Gasteiger partial charge in [-0.3, -0.25) is 0 Å². The molecule has 0 atom stereocenters. The number of phenols is 1. The summed E-state index contributed by atoms with van der Waals surface area (Å²) in [6.07, 6.45) is 0.595. The first-order chi connectivity index (χ1) is 7.21. The van der Waals surface area contributed by atoms with E-state index in [9.17, 15) is 21.6 Å². The highest BCUT2D eigenvalue weighted by molar-refractivity contribution is 8.13. The maximum atomic E-state index is 13.2. The van der Waals surface area contributed by atoms with Crippen molar-refractivity contribution >= 4 is 25.8 Å². The third-order valence-corrected chi connectivity index (χ3v) is 3.06.